The van der Waals surface area contributed by atoms with Gasteiger partial charge in [0.05, 0.1) is 29.6 Å². The molecule has 0 unspecified atom stereocenters. The Balaban J connectivity index is 1.76. The van der Waals surface area contributed by atoms with Gasteiger partial charge in [0, 0.05) is 22.1 Å². The van der Waals surface area contributed by atoms with Crippen LogP contribution in [0.1, 0.15) is 43.0 Å². The van der Waals surface area contributed by atoms with E-state index in [4.69, 9.17) is 4.18 Å². The number of nitrogens with zero attached hydrogens (tertiary/aromatic N) is 1. The predicted molar refractivity (Wildman–Crippen MR) is 110 cm³/mol. The molecule has 1 saturated carbocycles. The van der Waals surface area contributed by atoms with Crippen LogP contribution in [-0.4, -0.2) is 38.1 Å². The van der Waals surface area contributed by atoms with Gasteiger partial charge in [0.15, 0.2) is 5.78 Å². The van der Waals surface area contributed by atoms with Crippen molar-refractivity contribution >= 4 is 48.4 Å². The Labute approximate surface area is 168 Å². The molecule has 0 saturated heterocycles. The van der Waals surface area contributed by atoms with Crippen molar-refractivity contribution < 1.29 is 17.4 Å². The number of rotatable bonds is 6. The smallest absolute Gasteiger partial charge is 0.264 e. The zero-order valence-electron chi connectivity index (χ0n) is 15.4. The molecule has 1 aromatic heterocycles. The number of Topliss-reactive ketones (excluding diaryl/α,β-unsaturated/α-hetero) is 1. The van der Waals surface area contributed by atoms with Crippen molar-refractivity contribution in [2.75, 3.05) is 18.2 Å². The van der Waals surface area contributed by atoms with Gasteiger partial charge in [-0.25, -0.2) is 0 Å². The Morgan fingerprint density at radius 2 is 2.00 bits per heavy atom. The lowest BCUT2D eigenvalue weighted by Crippen LogP contribution is -2.29. The van der Waals surface area contributed by atoms with Gasteiger partial charge in [0.25, 0.3) is 10.1 Å². The zero-order valence-corrected chi connectivity index (χ0v) is 17.8. The molecule has 1 aliphatic rings. The van der Waals surface area contributed by atoms with Gasteiger partial charge >= 0.3 is 0 Å². The molecular weight excluding hydrogens is 432 g/mol. The number of carbonyl (C=O) groups excluding carboxylic acids is 1. The van der Waals surface area contributed by atoms with E-state index in [2.05, 4.69) is 26.2 Å². The summed E-state index contributed by atoms with van der Waals surface area (Å²) in [6.07, 6.45) is 6.27. The predicted octanol–water partition coefficient (Wildman–Crippen LogP) is 4.15. The quantitative estimate of drug-likeness (QED) is 0.521. The molecule has 1 fully saturated rings. The van der Waals surface area contributed by atoms with Gasteiger partial charge in [-0.1, -0.05) is 15.9 Å². The van der Waals surface area contributed by atoms with Crippen LogP contribution in [0.3, 0.4) is 0 Å². The third-order valence-electron chi connectivity index (χ3n) is 4.92. The molecule has 0 atom stereocenters. The number of benzene rings is 1. The topological polar surface area (TPSA) is 85.4 Å². The molecule has 6 nitrogen and oxygen atoms in total. The van der Waals surface area contributed by atoms with Crippen LogP contribution in [0.25, 0.3) is 10.9 Å². The second-order valence-corrected chi connectivity index (χ2v) is 9.67. The number of anilines is 1. The summed E-state index contributed by atoms with van der Waals surface area (Å²) in [6, 6.07) is 6.05. The SMILES string of the molecule is CC(=O)c1cnc2ccc(Br)cc2c1NC1CCC(COS(C)(=O)=O)CC1. The molecule has 27 heavy (non-hydrogen) atoms. The standard InChI is InChI=1S/C19H23BrN2O4S/c1-12(23)17-10-21-18-8-5-14(20)9-16(18)19(17)22-15-6-3-13(4-7-15)11-26-27(2,24)25/h5,8-10,13,15H,3-4,6-7,11H2,1-2H3,(H,21,22). The Kier molecular flexibility index (Phi) is 6.18. The first-order valence-electron chi connectivity index (χ1n) is 8.93. The van der Waals surface area contributed by atoms with Crippen molar-refractivity contribution in [1.29, 1.82) is 0 Å². The maximum absolute atomic E-state index is 12.1. The van der Waals surface area contributed by atoms with E-state index in [9.17, 15) is 13.2 Å². The van der Waals surface area contributed by atoms with Crippen LogP contribution in [0, 0.1) is 5.92 Å². The van der Waals surface area contributed by atoms with Gasteiger partial charge in [-0.15, -0.1) is 0 Å². The first kappa shape index (κ1) is 20.2. The minimum absolute atomic E-state index is 0.0258. The Bertz CT molecular complexity index is 954. The summed E-state index contributed by atoms with van der Waals surface area (Å²) in [6.45, 7) is 1.79. The summed E-state index contributed by atoms with van der Waals surface area (Å²) >= 11 is 3.49. The number of nitrogens with one attached hydrogen (secondary N) is 1. The molecule has 0 spiro atoms. The van der Waals surface area contributed by atoms with E-state index >= 15 is 0 Å². The number of carbonyl (C=O) groups is 1. The fourth-order valence-corrected chi connectivity index (χ4v) is 4.29. The highest BCUT2D eigenvalue weighted by molar-refractivity contribution is 9.10. The van der Waals surface area contributed by atoms with Crippen LogP contribution in [0.15, 0.2) is 28.9 Å². The van der Waals surface area contributed by atoms with Crippen molar-refractivity contribution in [3.63, 3.8) is 0 Å². The van der Waals surface area contributed by atoms with Crippen molar-refractivity contribution in [1.82, 2.24) is 4.98 Å². The van der Waals surface area contributed by atoms with E-state index in [1.165, 1.54) is 0 Å². The number of ketones is 1. The van der Waals surface area contributed by atoms with Crippen molar-refractivity contribution in [3.8, 4) is 0 Å². The first-order valence-corrected chi connectivity index (χ1v) is 11.5. The molecule has 0 bridgehead atoms. The van der Waals surface area contributed by atoms with Crippen LogP contribution >= 0.6 is 15.9 Å². The molecule has 2 aromatic rings. The summed E-state index contributed by atoms with van der Waals surface area (Å²) in [5.74, 6) is 0.218. The molecule has 0 amide bonds. The van der Waals surface area contributed by atoms with Gasteiger partial charge in [0.2, 0.25) is 0 Å². The first-order chi connectivity index (χ1) is 12.7. The number of halogens is 1. The number of hydrogen-bond acceptors (Lipinski definition) is 6. The third-order valence-corrected chi connectivity index (χ3v) is 5.98. The lowest BCUT2D eigenvalue weighted by molar-refractivity contribution is 0.101. The summed E-state index contributed by atoms with van der Waals surface area (Å²) in [5, 5.41) is 4.47. The van der Waals surface area contributed by atoms with Crippen molar-refractivity contribution in [3.05, 3.63) is 34.4 Å². The van der Waals surface area contributed by atoms with E-state index in [1.807, 2.05) is 18.2 Å². The van der Waals surface area contributed by atoms with E-state index in [0.29, 0.717) is 5.56 Å². The molecule has 146 valence electrons. The highest BCUT2D eigenvalue weighted by Gasteiger charge is 2.24. The summed E-state index contributed by atoms with van der Waals surface area (Å²) < 4.78 is 28.2. The maximum atomic E-state index is 12.1. The largest absolute Gasteiger partial charge is 0.381 e. The fraction of sp³-hybridized carbons (Fsp3) is 0.474. The molecule has 1 N–H and O–H groups in total. The summed E-state index contributed by atoms with van der Waals surface area (Å²) in [4.78, 5) is 16.5. The molecule has 1 aliphatic carbocycles. The highest BCUT2D eigenvalue weighted by Crippen LogP contribution is 2.33. The lowest BCUT2D eigenvalue weighted by atomic mass is 9.86. The second-order valence-electron chi connectivity index (χ2n) is 7.12. The molecular formula is C19H23BrN2O4S. The van der Waals surface area contributed by atoms with Crippen LogP contribution in [0.5, 0.6) is 0 Å². The normalized spacial score (nSPS) is 20.6. The van der Waals surface area contributed by atoms with Crippen LogP contribution < -0.4 is 5.32 Å². The van der Waals surface area contributed by atoms with Gasteiger partial charge in [-0.3, -0.25) is 14.0 Å². The molecule has 3 rings (SSSR count). The van der Waals surface area contributed by atoms with E-state index in [1.54, 1.807) is 13.1 Å². The maximum Gasteiger partial charge on any atom is 0.264 e. The molecule has 1 aromatic carbocycles. The molecule has 0 radical (unpaired) electrons. The van der Waals surface area contributed by atoms with E-state index in [-0.39, 0.29) is 24.3 Å². The summed E-state index contributed by atoms with van der Waals surface area (Å²) in [7, 11) is -3.39. The molecule has 0 aliphatic heterocycles. The molecule has 1 heterocycles. The lowest BCUT2D eigenvalue weighted by Gasteiger charge is -2.30. The number of hydrogen-bond donors (Lipinski definition) is 1. The van der Waals surface area contributed by atoms with Crippen molar-refractivity contribution in [2.24, 2.45) is 5.92 Å². The van der Waals surface area contributed by atoms with Gasteiger partial charge in [0.1, 0.15) is 0 Å². The van der Waals surface area contributed by atoms with Gasteiger partial charge in [-0.2, -0.15) is 8.42 Å². The molecule has 8 heteroatoms. The average Bonchev–Trinajstić information content (AvgIpc) is 2.60. The number of pyridine rings is 1. The number of fused-ring (bicyclic) bond motifs is 1. The Hall–Kier alpha value is -1.51. The van der Waals surface area contributed by atoms with Crippen LogP contribution in [-0.2, 0) is 14.3 Å². The minimum atomic E-state index is -3.39. The Morgan fingerprint density at radius 3 is 2.63 bits per heavy atom. The van der Waals surface area contributed by atoms with E-state index in [0.717, 1.165) is 53.0 Å². The van der Waals surface area contributed by atoms with Crippen molar-refractivity contribution in [2.45, 2.75) is 38.6 Å². The second kappa shape index (κ2) is 8.24. The van der Waals surface area contributed by atoms with Gasteiger partial charge < -0.3 is 5.32 Å². The van der Waals surface area contributed by atoms with Crippen LogP contribution in [0.2, 0.25) is 0 Å². The Morgan fingerprint density at radius 1 is 1.30 bits per heavy atom. The van der Waals surface area contributed by atoms with E-state index < -0.39 is 10.1 Å². The van der Waals surface area contributed by atoms with Gasteiger partial charge in [-0.05, 0) is 56.7 Å². The average molecular weight is 455 g/mol. The monoisotopic (exact) mass is 454 g/mol. The minimum Gasteiger partial charge on any atom is -0.381 e. The number of aromatic nitrogens is 1. The zero-order chi connectivity index (χ0) is 19.6. The fourth-order valence-electron chi connectivity index (χ4n) is 3.48. The third kappa shape index (κ3) is 5.27. The highest BCUT2D eigenvalue weighted by atomic mass is 79.9. The summed E-state index contributed by atoms with van der Waals surface area (Å²) in [5.41, 5.74) is 2.24. The van der Waals surface area contributed by atoms with Crippen LogP contribution in [0.4, 0.5) is 5.69 Å².